The van der Waals surface area contributed by atoms with Gasteiger partial charge in [0.05, 0.1) is 7.85 Å². The molecule has 0 spiro atoms. The average Bonchev–Trinajstić information content (AvgIpc) is 2.14. The highest BCUT2D eigenvalue weighted by molar-refractivity contribution is 6.11. The van der Waals surface area contributed by atoms with Crippen molar-refractivity contribution in [2.24, 2.45) is 0 Å². The number of ether oxygens (including phenoxy) is 1. The third kappa shape index (κ3) is 1.23. The van der Waals surface area contributed by atoms with E-state index in [4.69, 9.17) is 12.6 Å². The second-order valence-corrected chi connectivity index (χ2v) is 2.07. The Hall–Kier alpha value is -0.0151. The van der Waals surface area contributed by atoms with Crippen LogP contribution in [-0.2, 0) is 4.74 Å². The van der Waals surface area contributed by atoms with Gasteiger partial charge in [-0.3, -0.25) is 5.32 Å². The van der Waals surface area contributed by atoms with Gasteiger partial charge in [-0.15, -0.1) is 0 Å². The van der Waals surface area contributed by atoms with Crippen LogP contribution in [0.2, 0.25) is 0 Å². The van der Waals surface area contributed by atoms with E-state index >= 15 is 0 Å². The van der Waals surface area contributed by atoms with Gasteiger partial charge < -0.3 is 4.74 Å². The molecule has 1 rings (SSSR count). The summed E-state index contributed by atoms with van der Waals surface area (Å²) in [6, 6.07) is 0. The van der Waals surface area contributed by atoms with Crippen LogP contribution in [0.4, 0.5) is 0 Å². The van der Waals surface area contributed by atoms with Crippen molar-refractivity contribution in [1.82, 2.24) is 5.32 Å². The van der Waals surface area contributed by atoms with Crippen molar-refractivity contribution in [1.29, 1.82) is 0 Å². The summed E-state index contributed by atoms with van der Waals surface area (Å²) in [5, 5.41) is 3.06. The van der Waals surface area contributed by atoms with E-state index in [1.165, 1.54) is 0 Å². The zero-order chi connectivity index (χ0) is 5.98. The van der Waals surface area contributed by atoms with Crippen LogP contribution in [0.15, 0.2) is 0 Å². The highest BCUT2D eigenvalue weighted by atomic mass is 16.5. The van der Waals surface area contributed by atoms with E-state index in [0.717, 1.165) is 12.8 Å². The Labute approximate surface area is 51.0 Å². The fourth-order valence-corrected chi connectivity index (χ4v) is 0.922. The second-order valence-electron chi connectivity index (χ2n) is 2.07. The van der Waals surface area contributed by atoms with Crippen molar-refractivity contribution >= 4 is 7.85 Å². The van der Waals surface area contributed by atoms with Crippen LogP contribution in [0.1, 0.15) is 12.8 Å². The minimum atomic E-state index is 0.153. The van der Waals surface area contributed by atoms with E-state index in [-0.39, 0.29) is 12.2 Å². The van der Waals surface area contributed by atoms with Gasteiger partial charge >= 0.3 is 0 Å². The normalized spacial score (nSPS) is 38.1. The Morgan fingerprint density at radius 2 is 2.38 bits per heavy atom. The molecule has 0 aromatic rings. The van der Waals surface area contributed by atoms with Gasteiger partial charge in [-0.2, -0.15) is 0 Å². The molecule has 1 N–H and O–H groups in total. The zero-order valence-corrected chi connectivity index (χ0v) is 5.05. The molecule has 0 aliphatic carbocycles. The first-order valence-electron chi connectivity index (χ1n) is 2.87. The molecule has 2 nitrogen and oxygen atoms in total. The zero-order valence-electron chi connectivity index (χ0n) is 5.05. The van der Waals surface area contributed by atoms with Crippen LogP contribution in [-0.4, -0.2) is 27.1 Å². The van der Waals surface area contributed by atoms with Crippen LogP contribution in [0.5, 0.6) is 0 Å². The van der Waals surface area contributed by atoms with Crippen LogP contribution in [0.3, 0.4) is 0 Å². The molecule has 2 atom stereocenters. The fraction of sp³-hybridized carbons (Fsp3) is 1.00. The standard InChI is InChI=1S/C5H10BNO/c1-8-5-3-2-4(6)7-5/h4-5,7H,2-3H2,1H3. The molecule has 1 aliphatic rings. The number of hydrogen-bond donors (Lipinski definition) is 1. The van der Waals surface area contributed by atoms with Crippen molar-refractivity contribution in [3.8, 4) is 0 Å². The molecular weight excluding hydrogens is 101 g/mol. The summed E-state index contributed by atoms with van der Waals surface area (Å²) in [5.41, 5.74) is 0. The number of methoxy groups -OCH3 is 1. The van der Waals surface area contributed by atoms with Crippen molar-refractivity contribution < 1.29 is 4.74 Å². The number of rotatable bonds is 1. The maximum Gasteiger partial charge on any atom is 0.107 e. The Kier molecular flexibility index (Phi) is 1.92. The summed E-state index contributed by atoms with van der Waals surface area (Å²) >= 11 is 0. The van der Waals surface area contributed by atoms with Crippen LogP contribution in [0, 0.1) is 0 Å². The molecular formula is C5H10BNO. The number of hydrogen-bond acceptors (Lipinski definition) is 2. The highest BCUT2D eigenvalue weighted by Crippen LogP contribution is 2.08. The van der Waals surface area contributed by atoms with Gasteiger partial charge in [-0.05, 0) is 18.8 Å². The van der Waals surface area contributed by atoms with E-state index in [2.05, 4.69) is 5.32 Å². The average molecular weight is 111 g/mol. The van der Waals surface area contributed by atoms with Gasteiger partial charge in [-0.25, -0.2) is 0 Å². The lowest BCUT2D eigenvalue weighted by Crippen LogP contribution is -2.30. The van der Waals surface area contributed by atoms with Crippen molar-refractivity contribution in [2.45, 2.75) is 25.0 Å². The Morgan fingerprint density at radius 1 is 1.62 bits per heavy atom. The first kappa shape index (κ1) is 6.11. The largest absolute Gasteiger partial charge is 0.367 e. The summed E-state index contributed by atoms with van der Waals surface area (Å²) in [6.07, 6.45) is 2.26. The SMILES string of the molecule is [B]C1CCC(OC)N1. The minimum Gasteiger partial charge on any atom is -0.367 e. The Bertz CT molecular complexity index is 78.8. The van der Waals surface area contributed by atoms with Crippen molar-refractivity contribution in [3.05, 3.63) is 0 Å². The molecule has 0 aromatic heterocycles. The molecule has 0 amide bonds. The third-order valence-corrected chi connectivity index (χ3v) is 1.42. The first-order valence-corrected chi connectivity index (χ1v) is 2.87. The predicted molar refractivity (Wildman–Crippen MR) is 32.7 cm³/mol. The molecule has 1 aliphatic heterocycles. The van der Waals surface area contributed by atoms with Gasteiger partial charge in [0.25, 0.3) is 0 Å². The molecule has 0 bridgehead atoms. The van der Waals surface area contributed by atoms with Gasteiger partial charge in [0, 0.05) is 7.11 Å². The quantitative estimate of drug-likeness (QED) is 0.474. The summed E-state index contributed by atoms with van der Waals surface area (Å²) in [6.45, 7) is 0. The third-order valence-electron chi connectivity index (χ3n) is 1.42. The monoisotopic (exact) mass is 111 g/mol. The number of nitrogens with one attached hydrogen (secondary N) is 1. The molecule has 0 saturated carbocycles. The molecule has 44 valence electrons. The second kappa shape index (κ2) is 2.51. The molecule has 1 saturated heterocycles. The van der Waals surface area contributed by atoms with Crippen LogP contribution in [0.25, 0.3) is 0 Å². The first-order chi connectivity index (χ1) is 3.83. The highest BCUT2D eigenvalue weighted by Gasteiger charge is 2.17. The van der Waals surface area contributed by atoms with Gasteiger partial charge in [-0.1, -0.05) is 0 Å². The smallest absolute Gasteiger partial charge is 0.107 e. The van der Waals surface area contributed by atoms with E-state index in [1.807, 2.05) is 0 Å². The van der Waals surface area contributed by atoms with Crippen molar-refractivity contribution in [3.63, 3.8) is 0 Å². The molecule has 2 radical (unpaired) electrons. The van der Waals surface area contributed by atoms with E-state index < -0.39 is 0 Å². The van der Waals surface area contributed by atoms with E-state index in [9.17, 15) is 0 Å². The van der Waals surface area contributed by atoms with Crippen molar-refractivity contribution in [2.75, 3.05) is 7.11 Å². The molecule has 3 heteroatoms. The Morgan fingerprint density at radius 3 is 2.62 bits per heavy atom. The van der Waals surface area contributed by atoms with Crippen LogP contribution < -0.4 is 5.32 Å². The maximum atomic E-state index is 5.51. The van der Waals surface area contributed by atoms with E-state index in [1.54, 1.807) is 7.11 Å². The maximum absolute atomic E-state index is 5.51. The van der Waals surface area contributed by atoms with Gasteiger partial charge in [0.2, 0.25) is 0 Å². The van der Waals surface area contributed by atoms with Gasteiger partial charge in [0.1, 0.15) is 6.23 Å². The summed E-state index contributed by atoms with van der Waals surface area (Å²) in [4.78, 5) is 0. The van der Waals surface area contributed by atoms with Crippen LogP contribution >= 0.6 is 0 Å². The molecule has 1 fully saturated rings. The minimum absolute atomic E-state index is 0.153. The lowest BCUT2D eigenvalue weighted by Gasteiger charge is -2.07. The predicted octanol–water partition coefficient (Wildman–Crippen LogP) is -0.163. The van der Waals surface area contributed by atoms with E-state index in [0.29, 0.717) is 0 Å². The molecule has 0 aromatic carbocycles. The fourth-order valence-electron chi connectivity index (χ4n) is 0.922. The lowest BCUT2D eigenvalue weighted by molar-refractivity contribution is 0.0899. The van der Waals surface area contributed by atoms with Gasteiger partial charge in [0.15, 0.2) is 0 Å². The Balaban J connectivity index is 2.22. The summed E-state index contributed by atoms with van der Waals surface area (Å²) in [7, 11) is 7.20. The summed E-state index contributed by atoms with van der Waals surface area (Å²) in [5.74, 6) is 0.153. The molecule has 8 heavy (non-hydrogen) atoms. The summed E-state index contributed by atoms with van der Waals surface area (Å²) < 4.78 is 4.99. The topological polar surface area (TPSA) is 21.3 Å². The lowest BCUT2D eigenvalue weighted by atomic mass is 9.96. The molecule has 2 unspecified atom stereocenters. The molecule has 1 heterocycles.